The maximum Gasteiger partial charge on any atom is 0.332 e. The van der Waals surface area contributed by atoms with Crippen molar-refractivity contribution in [3.05, 3.63) is 53.1 Å². The van der Waals surface area contributed by atoms with Gasteiger partial charge in [-0.2, -0.15) is 0 Å². The van der Waals surface area contributed by atoms with Crippen molar-refractivity contribution >= 4 is 5.97 Å². The summed E-state index contributed by atoms with van der Waals surface area (Å²) in [4.78, 5) is 15.3. The quantitative estimate of drug-likeness (QED) is 0.437. The number of rotatable bonds is 11. The standard InChI is InChI=1S/C24H29NO7/c1-14(2)21-16(7-5-8-18(26)24(27)28)10-11-19(22(21)29-4)31-13-17-15(3)32-23(25-17)20-9-6-12-30-20/h6,9-12,14,18,26H,5,7-8,13H2,1-4H3,(H,27,28)/t18-/m0/s1. The summed E-state index contributed by atoms with van der Waals surface area (Å²) in [7, 11) is 1.60. The Morgan fingerprint density at radius 1 is 1.25 bits per heavy atom. The van der Waals surface area contributed by atoms with Crippen molar-refractivity contribution in [1.82, 2.24) is 4.98 Å². The third-order valence-corrected chi connectivity index (χ3v) is 5.23. The van der Waals surface area contributed by atoms with Crippen LogP contribution in [-0.4, -0.2) is 34.4 Å². The van der Waals surface area contributed by atoms with E-state index in [9.17, 15) is 9.90 Å². The number of methoxy groups -OCH3 is 1. The molecule has 0 amide bonds. The lowest BCUT2D eigenvalue weighted by atomic mass is 9.92. The van der Waals surface area contributed by atoms with Gasteiger partial charge in [0.25, 0.3) is 5.89 Å². The van der Waals surface area contributed by atoms with Crippen LogP contribution in [0.15, 0.2) is 39.4 Å². The number of nitrogens with zero attached hydrogens (tertiary/aromatic N) is 1. The first kappa shape index (κ1) is 23.4. The fourth-order valence-electron chi connectivity index (χ4n) is 3.62. The molecular formula is C24H29NO7. The highest BCUT2D eigenvalue weighted by molar-refractivity contribution is 5.71. The number of aromatic nitrogens is 1. The van der Waals surface area contributed by atoms with E-state index in [2.05, 4.69) is 18.8 Å². The molecule has 0 aliphatic rings. The number of aliphatic carboxylic acids is 1. The zero-order valence-electron chi connectivity index (χ0n) is 18.8. The predicted molar refractivity (Wildman–Crippen MR) is 117 cm³/mol. The first-order chi connectivity index (χ1) is 15.3. The molecule has 2 N–H and O–H groups in total. The summed E-state index contributed by atoms with van der Waals surface area (Å²) in [6, 6.07) is 7.36. The lowest BCUT2D eigenvalue weighted by molar-refractivity contribution is -0.146. The molecule has 0 fully saturated rings. The Labute approximate surface area is 186 Å². The second-order valence-electron chi connectivity index (χ2n) is 7.86. The van der Waals surface area contributed by atoms with Crippen LogP contribution in [0.3, 0.4) is 0 Å². The van der Waals surface area contributed by atoms with Crippen LogP contribution in [0.1, 0.15) is 55.2 Å². The molecule has 0 aliphatic carbocycles. The largest absolute Gasteiger partial charge is 0.493 e. The minimum atomic E-state index is -1.35. The average molecular weight is 443 g/mol. The highest BCUT2D eigenvalue weighted by atomic mass is 16.5. The molecule has 32 heavy (non-hydrogen) atoms. The number of carboxylic acids is 1. The maximum absolute atomic E-state index is 10.8. The average Bonchev–Trinajstić information content (AvgIpc) is 3.41. The van der Waals surface area contributed by atoms with E-state index in [1.165, 1.54) is 0 Å². The monoisotopic (exact) mass is 443 g/mol. The summed E-state index contributed by atoms with van der Waals surface area (Å²) in [6.07, 6.45) is 1.58. The summed E-state index contributed by atoms with van der Waals surface area (Å²) in [5, 5.41) is 18.4. The van der Waals surface area contributed by atoms with Crippen LogP contribution in [0.25, 0.3) is 11.7 Å². The minimum absolute atomic E-state index is 0.159. The molecule has 3 rings (SSSR count). The van der Waals surface area contributed by atoms with E-state index < -0.39 is 12.1 Å². The van der Waals surface area contributed by atoms with Crippen molar-refractivity contribution in [2.45, 2.75) is 58.7 Å². The summed E-state index contributed by atoms with van der Waals surface area (Å²) in [5.74, 6) is 1.79. The number of ether oxygens (including phenoxy) is 2. The van der Waals surface area contributed by atoms with Gasteiger partial charge in [-0.3, -0.25) is 0 Å². The van der Waals surface area contributed by atoms with Gasteiger partial charge in [-0.15, -0.1) is 0 Å². The molecule has 1 aromatic carbocycles. The minimum Gasteiger partial charge on any atom is -0.493 e. The van der Waals surface area contributed by atoms with Gasteiger partial charge in [-0.25, -0.2) is 9.78 Å². The molecule has 0 aliphatic heterocycles. The van der Waals surface area contributed by atoms with Crippen molar-refractivity contribution in [2.75, 3.05) is 7.11 Å². The molecule has 0 saturated heterocycles. The van der Waals surface area contributed by atoms with Crippen LogP contribution in [0.2, 0.25) is 0 Å². The lowest BCUT2D eigenvalue weighted by Gasteiger charge is -2.20. The Hall–Kier alpha value is -3.26. The topological polar surface area (TPSA) is 115 Å². The smallest absolute Gasteiger partial charge is 0.332 e. The zero-order valence-corrected chi connectivity index (χ0v) is 18.8. The van der Waals surface area contributed by atoms with Gasteiger partial charge in [0.1, 0.15) is 18.1 Å². The van der Waals surface area contributed by atoms with Gasteiger partial charge in [0.15, 0.2) is 23.4 Å². The lowest BCUT2D eigenvalue weighted by Crippen LogP contribution is -2.19. The molecule has 0 bridgehead atoms. The Balaban J connectivity index is 1.77. The molecule has 2 heterocycles. The normalized spacial score (nSPS) is 12.2. The van der Waals surface area contributed by atoms with Crippen LogP contribution in [0, 0.1) is 6.92 Å². The van der Waals surface area contributed by atoms with Gasteiger partial charge in [0.2, 0.25) is 0 Å². The summed E-state index contributed by atoms with van der Waals surface area (Å²) in [5.41, 5.74) is 2.71. The van der Waals surface area contributed by atoms with Gasteiger partial charge in [-0.1, -0.05) is 19.9 Å². The third kappa shape index (κ3) is 5.31. The van der Waals surface area contributed by atoms with E-state index in [0.717, 1.165) is 11.1 Å². The van der Waals surface area contributed by atoms with Crippen LogP contribution >= 0.6 is 0 Å². The second kappa shape index (κ2) is 10.4. The number of furan rings is 1. The van der Waals surface area contributed by atoms with E-state index in [1.807, 2.05) is 19.1 Å². The van der Waals surface area contributed by atoms with Gasteiger partial charge in [0, 0.05) is 5.56 Å². The van der Waals surface area contributed by atoms with Gasteiger partial charge in [-0.05, 0) is 55.9 Å². The Bertz CT molecular complexity index is 1040. The van der Waals surface area contributed by atoms with E-state index in [-0.39, 0.29) is 18.9 Å². The predicted octanol–water partition coefficient (Wildman–Crippen LogP) is 4.72. The fourth-order valence-corrected chi connectivity index (χ4v) is 3.62. The van der Waals surface area contributed by atoms with E-state index in [0.29, 0.717) is 47.4 Å². The van der Waals surface area contributed by atoms with Crippen molar-refractivity contribution in [3.8, 4) is 23.1 Å². The number of hydrogen-bond donors (Lipinski definition) is 2. The summed E-state index contributed by atoms with van der Waals surface area (Å²) in [6.45, 7) is 6.15. The number of aliphatic hydroxyl groups excluding tert-OH is 1. The third-order valence-electron chi connectivity index (χ3n) is 5.23. The Morgan fingerprint density at radius 2 is 2.03 bits per heavy atom. The van der Waals surface area contributed by atoms with E-state index >= 15 is 0 Å². The van der Waals surface area contributed by atoms with Crippen molar-refractivity contribution < 1.29 is 33.3 Å². The SMILES string of the molecule is COc1c(OCc2nc(-c3ccco3)oc2C)ccc(CCC[C@H](O)C(=O)O)c1C(C)C. The number of hydrogen-bond acceptors (Lipinski definition) is 7. The fraction of sp³-hybridized carbons (Fsp3) is 0.417. The number of benzene rings is 1. The zero-order chi connectivity index (χ0) is 23.3. The Kier molecular flexibility index (Phi) is 7.58. The molecule has 0 unspecified atom stereocenters. The van der Waals surface area contributed by atoms with Gasteiger partial charge < -0.3 is 28.5 Å². The summed E-state index contributed by atoms with van der Waals surface area (Å²) >= 11 is 0. The van der Waals surface area contributed by atoms with Crippen LogP contribution in [-0.2, 0) is 17.8 Å². The van der Waals surface area contributed by atoms with Crippen molar-refractivity contribution in [3.63, 3.8) is 0 Å². The van der Waals surface area contributed by atoms with Crippen LogP contribution in [0.5, 0.6) is 11.5 Å². The molecule has 0 spiro atoms. The first-order valence-corrected chi connectivity index (χ1v) is 10.5. The molecule has 2 aromatic heterocycles. The highest BCUT2D eigenvalue weighted by Gasteiger charge is 2.20. The molecule has 1 atom stereocenters. The molecule has 0 saturated carbocycles. The van der Waals surface area contributed by atoms with E-state index in [4.69, 9.17) is 23.4 Å². The molecule has 8 heteroatoms. The number of aryl methyl sites for hydroxylation is 2. The number of aliphatic hydroxyl groups is 1. The molecule has 8 nitrogen and oxygen atoms in total. The molecule has 3 aromatic rings. The highest BCUT2D eigenvalue weighted by Crippen LogP contribution is 2.39. The van der Waals surface area contributed by atoms with Crippen molar-refractivity contribution in [1.29, 1.82) is 0 Å². The first-order valence-electron chi connectivity index (χ1n) is 10.5. The van der Waals surface area contributed by atoms with Gasteiger partial charge >= 0.3 is 5.97 Å². The second-order valence-corrected chi connectivity index (χ2v) is 7.86. The Morgan fingerprint density at radius 3 is 2.66 bits per heavy atom. The van der Waals surface area contributed by atoms with Crippen LogP contribution < -0.4 is 9.47 Å². The number of carboxylic acid groups (broad SMARTS) is 1. The molecular weight excluding hydrogens is 414 g/mol. The number of oxazole rings is 1. The number of carbonyl (C=O) groups is 1. The molecule has 0 radical (unpaired) electrons. The summed E-state index contributed by atoms with van der Waals surface area (Å²) < 4.78 is 22.8. The van der Waals surface area contributed by atoms with E-state index in [1.54, 1.807) is 25.5 Å². The molecule has 172 valence electrons. The maximum atomic E-state index is 10.8. The van der Waals surface area contributed by atoms with Crippen LogP contribution in [0.4, 0.5) is 0 Å². The van der Waals surface area contributed by atoms with Crippen molar-refractivity contribution in [2.24, 2.45) is 0 Å². The van der Waals surface area contributed by atoms with Gasteiger partial charge in [0.05, 0.1) is 13.4 Å².